The lowest BCUT2D eigenvalue weighted by Gasteiger charge is -2.38. The first-order chi connectivity index (χ1) is 12.0. The van der Waals surface area contributed by atoms with Gasteiger partial charge in [-0.05, 0) is 43.2 Å². The number of halogens is 1. The zero-order valence-electron chi connectivity index (χ0n) is 13.6. The minimum absolute atomic E-state index is 0.108. The summed E-state index contributed by atoms with van der Waals surface area (Å²) < 4.78 is 0. The van der Waals surface area contributed by atoms with E-state index in [0.717, 1.165) is 5.69 Å². The molecule has 0 spiro atoms. The van der Waals surface area contributed by atoms with Gasteiger partial charge >= 0.3 is 0 Å². The highest BCUT2D eigenvalue weighted by Gasteiger charge is 2.35. The largest absolute Gasteiger partial charge is 0.368 e. The number of nitrogens with one attached hydrogen (secondary N) is 1. The molecule has 3 N–H and O–H groups in total. The van der Waals surface area contributed by atoms with E-state index in [0.29, 0.717) is 30.1 Å². The number of aromatic nitrogens is 1. The monoisotopic (exact) mass is 358 g/mol. The summed E-state index contributed by atoms with van der Waals surface area (Å²) in [6, 6.07) is 10.2. The Bertz CT molecular complexity index is 769. The molecular weight excluding hydrogens is 340 g/mol. The number of nitrogens with zero attached hydrogens (tertiary/aromatic N) is 2. The molecule has 0 aliphatic carbocycles. The van der Waals surface area contributed by atoms with E-state index in [1.165, 1.54) is 0 Å². The summed E-state index contributed by atoms with van der Waals surface area (Å²) >= 11 is 6.05. The van der Waals surface area contributed by atoms with Gasteiger partial charge in [0, 0.05) is 41.3 Å². The van der Waals surface area contributed by atoms with Gasteiger partial charge in [0.15, 0.2) is 0 Å². The second kappa shape index (κ2) is 7.53. The number of hydrogen-bond donors (Lipinski definition) is 2. The van der Waals surface area contributed by atoms with Crippen molar-refractivity contribution in [3.63, 3.8) is 0 Å². The lowest BCUT2D eigenvalue weighted by molar-refractivity contribution is -0.123. The third-order valence-electron chi connectivity index (χ3n) is 4.39. The van der Waals surface area contributed by atoms with E-state index in [1.807, 2.05) is 17.0 Å². The van der Waals surface area contributed by atoms with Crippen molar-refractivity contribution in [3.8, 4) is 0 Å². The third-order valence-corrected chi connectivity index (χ3v) is 4.62. The molecule has 1 aromatic heterocycles. The Morgan fingerprint density at radius 2 is 2.00 bits per heavy atom. The van der Waals surface area contributed by atoms with Crippen LogP contribution >= 0.6 is 11.6 Å². The van der Waals surface area contributed by atoms with Crippen LogP contribution in [0.3, 0.4) is 0 Å². The minimum atomic E-state index is -0.541. The number of primary amides is 1. The molecular formula is C18H19ClN4O2. The normalized spacial score (nSPS) is 20.1. The van der Waals surface area contributed by atoms with Crippen LogP contribution in [0, 0.1) is 5.92 Å². The average Bonchev–Trinajstić information content (AvgIpc) is 2.62. The molecule has 25 heavy (non-hydrogen) atoms. The molecule has 0 saturated carbocycles. The van der Waals surface area contributed by atoms with E-state index in [1.54, 1.807) is 36.7 Å². The Labute approximate surface area is 151 Å². The van der Waals surface area contributed by atoms with Crippen LogP contribution in [0.4, 0.5) is 11.4 Å². The number of nitrogens with two attached hydrogens (primary N) is 1. The molecule has 2 amide bonds. The molecule has 2 aromatic rings. The molecule has 0 radical (unpaired) electrons. The molecule has 2 atom stereocenters. The van der Waals surface area contributed by atoms with Crippen molar-refractivity contribution in [2.45, 2.75) is 18.9 Å². The smallest absolute Gasteiger partial charge is 0.240 e. The summed E-state index contributed by atoms with van der Waals surface area (Å²) in [6.07, 6.45) is 4.24. The van der Waals surface area contributed by atoms with Crippen molar-refractivity contribution < 1.29 is 9.59 Å². The van der Waals surface area contributed by atoms with Gasteiger partial charge in [-0.1, -0.05) is 17.7 Å². The molecule has 1 aliphatic heterocycles. The van der Waals surface area contributed by atoms with Gasteiger partial charge in [0.05, 0.1) is 0 Å². The maximum atomic E-state index is 12.5. The standard InChI is InChI=1S/C18H19ClN4O2/c19-13-2-1-3-15(11-13)23-9-6-12(10-16(23)17(20)24)18(25)22-14-4-7-21-8-5-14/h1-5,7-8,11-12,16H,6,9-10H2,(H2,20,24)(H,21,22,25). The van der Waals surface area contributed by atoms with Gasteiger partial charge in [0.1, 0.15) is 6.04 Å². The highest BCUT2D eigenvalue weighted by Crippen LogP contribution is 2.30. The fraction of sp³-hybridized carbons (Fsp3) is 0.278. The van der Waals surface area contributed by atoms with Crippen molar-refractivity contribution in [2.24, 2.45) is 11.7 Å². The number of anilines is 2. The summed E-state index contributed by atoms with van der Waals surface area (Å²) in [6.45, 7) is 0.558. The topological polar surface area (TPSA) is 88.3 Å². The molecule has 1 fully saturated rings. The molecule has 2 heterocycles. The Morgan fingerprint density at radius 3 is 2.68 bits per heavy atom. The van der Waals surface area contributed by atoms with Gasteiger partial charge in [-0.15, -0.1) is 0 Å². The highest BCUT2D eigenvalue weighted by molar-refractivity contribution is 6.30. The van der Waals surface area contributed by atoms with Crippen LogP contribution in [0.1, 0.15) is 12.8 Å². The molecule has 1 saturated heterocycles. The first kappa shape index (κ1) is 17.2. The Balaban J connectivity index is 1.73. The van der Waals surface area contributed by atoms with E-state index < -0.39 is 11.9 Å². The lowest BCUT2D eigenvalue weighted by atomic mass is 9.89. The number of rotatable bonds is 4. The first-order valence-corrected chi connectivity index (χ1v) is 8.45. The summed E-state index contributed by atoms with van der Waals surface area (Å²) in [5.74, 6) is -0.828. The second-order valence-electron chi connectivity index (χ2n) is 6.04. The van der Waals surface area contributed by atoms with Gasteiger partial charge in [-0.25, -0.2) is 0 Å². The molecule has 6 nitrogen and oxygen atoms in total. The predicted molar refractivity (Wildman–Crippen MR) is 97.4 cm³/mol. The molecule has 2 unspecified atom stereocenters. The maximum absolute atomic E-state index is 12.5. The van der Waals surface area contributed by atoms with Crippen LogP contribution in [0.25, 0.3) is 0 Å². The van der Waals surface area contributed by atoms with Gasteiger partial charge < -0.3 is 16.0 Å². The van der Waals surface area contributed by atoms with E-state index in [4.69, 9.17) is 17.3 Å². The fourth-order valence-electron chi connectivity index (χ4n) is 3.12. The van der Waals surface area contributed by atoms with Crippen molar-refractivity contribution in [1.82, 2.24) is 4.98 Å². The summed E-state index contributed by atoms with van der Waals surface area (Å²) in [7, 11) is 0. The number of carbonyl (C=O) groups is 2. The minimum Gasteiger partial charge on any atom is -0.368 e. The van der Waals surface area contributed by atoms with Crippen LogP contribution in [-0.2, 0) is 9.59 Å². The maximum Gasteiger partial charge on any atom is 0.240 e. The molecule has 3 rings (SSSR count). The second-order valence-corrected chi connectivity index (χ2v) is 6.47. The van der Waals surface area contributed by atoms with Crippen molar-refractivity contribution in [3.05, 3.63) is 53.8 Å². The van der Waals surface area contributed by atoms with Crippen LogP contribution in [-0.4, -0.2) is 29.4 Å². The average molecular weight is 359 g/mol. The Hall–Kier alpha value is -2.60. The number of benzene rings is 1. The lowest BCUT2D eigenvalue weighted by Crippen LogP contribution is -2.51. The van der Waals surface area contributed by atoms with E-state index in [-0.39, 0.29) is 11.8 Å². The van der Waals surface area contributed by atoms with Crippen LogP contribution in [0.5, 0.6) is 0 Å². The van der Waals surface area contributed by atoms with Gasteiger partial charge in [-0.2, -0.15) is 0 Å². The Kier molecular flexibility index (Phi) is 5.19. The van der Waals surface area contributed by atoms with E-state index in [2.05, 4.69) is 10.3 Å². The summed E-state index contributed by atoms with van der Waals surface area (Å²) in [5.41, 5.74) is 7.12. The molecule has 7 heteroatoms. The van der Waals surface area contributed by atoms with E-state index in [9.17, 15) is 9.59 Å². The summed E-state index contributed by atoms with van der Waals surface area (Å²) in [4.78, 5) is 30.3. The van der Waals surface area contributed by atoms with Crippen molar-refractivity contribution in [1.29, 1.82) is 0 Å². The van der Waals surface area contributed by atoms with Gasteiger partial charge in [0.2, 0.25) is 11.8 Å². The van der Waals surface area contributed by atoms with E-state index >= 15 is 0 Å². The van der Waals surface area contributed by atoms with Crippen LogP contribution in [0.15, 0.2) is 48.8 Å². The zero-order valence-corrected chi connectivity index (χ0v) is 14.3. The predicted octanol–water partition coefficient (Wildman–Crippen LogP) is 2.44. The SMILES string of the molecule is NC(=O)C1CC(C(=O)Nc2ccncc2)CCN1c1cccc(Cl)c1. The number of hydrogen-bond acceptors (Lipinski definition) is 4. The van der Waals surface area contributed by atoms with Gasteiger partial charge in [-0.3, -0.25) is 14.6 Å². The fourth-order valence-corrected chi connectivity index (χ4v) is 3.30. The third kappa shape index (κ3) is 4.09. The molecule has 130 valence electrons. The highest BCUT2D eigenvalue weighted by atomic mass is 35.5. The number of carbonyl (C=O) groups excluding carboxylic acids is 2. The van der Waals surface area contributed by atoms with Crippen molar-refractivity contribution >= 4 is 34.8 Å². The quantitative estimate of drug-likeness (QED) is 0.878. The molecule has 0 bridgehead atoms. The zero-order chi connectivity index (χ0) is 17.8. The first-order valence-electron chi connectivity index (χ1n) is 8.07. The Morgan fingerprint density at radius 1 is 1.24 bits per heavy atom. The van der Waals surface area contributed by atoms with Crippen LogP contribution < -0.4 is 16.0 Å². The number of piperidine rings is 1. The van der Waals surface area contributed by atoms with Crippen LogP contribution in [0.2, 0.25) is 5.02 Å². The number of pyridine rings is 1. The molecule has 1 aliphatic rings. The molecule has 1 aromatic carbocycles. The van der Waals surface area contributed by atoms with Gasteiger partial charge in [0.25, 0.3) is 0 Å². The number of amides is 2. The van der Waals surface area contributed by atoms with Crippen molar-refractivity contribution in [2.75, 3.05) is 16.8 Å². The summed E-state index contributed by atoms with van der Waals surface area (Å²) in [5, 5.41) is 3.46.